The zero-order chi connectivity index (χ0) is 18.8. The molecule has 2 amide bonds. The molecule has 2 aliphatic heterocycles. The molecule has 2 aromatic rings. The van der Waals surface area contributed by atoms with Crippen molar-refractivity contribution in [2.24, 2.45) is 9.98 Å². The summed E-state index contributed by atoms with van der Waals surface area (Å²) in [6.45, 7) is 1.66. The number of hydrogen-bond donors (Lipinski definition) is 1. The summed E-state index contributed by atoms with van der Waals surface area (Å²) in [5.41, 5.74) is 0.607. The molecular weight excluding hydrogens is 353 g/mol. The fourth-order valence-corrected chi connectivity index (χ4v) is 2.99. The number of nitrogens with one attached hydrogen (secondary N) is 1. The van der Waals surface area contributed by atoms with Crippen molar-refractivity contribution in [3.63, 3.8) is 0 Å². The van der Waals surface area contributed by atoms with Crippen molar-refractivity contribution >= 4 is 23.5 Å². The van der Waals surface area contributed by atoms with Crippen LogP contribution in [0.1, 0.15) is 16.2 Å². The van der Waals surface area contributed by atoms with Gasteiger partial charge in [0.15, 0.2) is 0 Å². The minimum Gasteiger partial charge on any atom is -0.337 e. The monoisotopic (exact) mass is 369 g/mol. The number of halogens is 1. The van der Waals surface area contributed by atoms with Gasteiger partial charge < -0.3 is 9.80 Å². The molecule has 4 rings (SSSR count). The fraction of sp³-hybridized carbons (Fsp3) is 0.294. The van der Waals surface area contributed by atoms with E-state index in [4.69, 9.17) is 0 Å². The van der Waals surface area contributed by atoms with Gasteiger partial charge in [0.05, 0.1) is 5.71 Å². The first kappa shape index (κ1) is 17.0. The van der Waals surface area contributed by atoms with Crippen LogP contribution in [0.4, 0.5) is 4.39 Å². The van der Waals surface area contributed by atoms with E-state index in [0.29, 0.717) is 31.7 Å². The lowest BCUT2D eigenvalue weighted by Crippen LogP contribution is -2.51. The molecule has 0 aliphatic carbocycles. The largest absolute Gasteiger partial charge is 0.337 e. The number of carbonyl (C=O) groups excluding carboxylic acids is 2. The highest BCUT2D eigenvalue weighted by Crippen LogP contribution is 2.16. The highest BCUT2D eigenvalue weighted by atomic mass is 19.1. The summed E-state index contributed by atoms with van der Waals surface area (Å²) in [4.78, 5) is 39.6. The number of hydrogen-bond acceptors (Lipinski definition) is 6. The first-order chi connectivity index (χ1) is 13.1. The highest BCUT2D eigenvalue weighted by molar-refractivity contribution is 6.23. The van der Waals surface area contributed by atoms with Crippen molar-refractivity contribution in [1.29, 1.82) is 0 Å². The number of aliphatic imine (C=N–C) groups is 2. The Balaban J connectivity index is 1.49. The Morgan fingerprint density at radius 3 is 2.52 bits per heavy atom. The Hall–Kier alpha value is -3.43. The van der Waals surface area contributed by atoms with Crippen LogP contribution in [0.2, 0.25) is 0 Å². The molecule has 3 heterocycles. The highest BCUT2D eigenvalue weighted by Gasteiger charge is 2.33. The van der Waals surface area contributed by atoms with Gasteiger partial charge in [0.2, 0.25) is 18.0 Å². The molecule has 0 spiro atoms. The number of alkyl halides is 1. The van der Waals surface area contributed by atoms with Gasteiger partial charge in [-0.1, -0.05) is 30.3 Å². The van der Waals surface area contributed by atoms with Crippen LogP contribution < -0.4 is 0 Å². The molecule has 1 unspecified atom stereocenters. The predicted molar refractivity (Wildman–Crippen MR) is 94.2 cm³/mol. The van der Waals surface area contributed by atoms with E-state index in [-0.39, 0.29) is 23.4 Å². The molecule has 9 nitrogen and oxygen atoms in total. The van der Waals surface area contributed by atoms with Crippen LogP contribution in [0, 0.1) is 0 Å². The van der Waals surface area contributed by atoms with Crippen LogP contribution in [-0.2, 0) is 4.79 Å². The first-order valence-electron chi connectivity index (χ1n) is 8.43. The van der Waals surface area contributed by atoms with E-state index in [1.807, 2.05) is 6.07 Å². The third kappa shape index (κ3) is 3.33. The smallest absolute Gasteiger partial charge is 0.291 e. The molecule has 0 bridgehead atoms. The molecule has 0 radical (unpaired) electrons. The summed E-state index contributed by atoms with van der Waals surface area (Å²) < 4.78 is 14.3. The molecular formula is C17H16FN7O2. The third-order valence-electron chi connectivity index (χ3n) is 4.42. The van der Waals surface area contributed by atoms with Crippen molar-refractivity contribution in [3.8, 4) is 0 Å². The normalized spacial score (nSPS) is 20.3. The minimum atomic E-state index is -1.87. The summed E-state index contributed by atoms with van der Waals surface area (Å²) in [5.74, 6) is -0.747. The molecule has 27 heavy (non-hydrogen) atoms. The third-order valence-corrected chi connectivity index (χ3v) is 4.42. The molecule has 2 aliphatic rings. The SMILES string of the molecule is O=C1N=C(N2CCN(C(=O)c3ncn[nH]3)CC2)N=C(c2ccccc2)C1F. The molecule has 1 N–H and O–H groups in total. The van der Waals surface area contributed by atoms with Crippen LogP contribution in [0.15, 0.2) is 46.6 Å². The number of aromatic nitrogens is 3. The maximum absolute atomic E-state index is 14.3. The van der Waals surface area contributed by atoms with Crippen LogP contribution >= 0.6 is 0 Å². The Labute approximate surface area is 153 Å². The van der Waals surface area contributed by atoms with E-state index in [1.165, 1.54) is 6.33 Å². The van der Waals surface area contributed by atoms with Gasteiger partial charge >= 0.3 is 0 Å². The molecule has 1 saturated heterocycles. The van der Waals surface area contributed by atoms with Crippen LogP contribution in [0.25, 0.3) is 0 Å². The molecule has 1 aromatic heterocycles. The summed E-state index contributed by atoms with van der Waals surface area (Å²) in [7, 11) is 0. The Morgan fingerprint density at radius 1 is 1.11 bits per heavy atom. The standard InChI is InChI=1S/C17H16FN7O2/c18-12-13(11-4-2-1-3-5-11)21-17(22-15(12)26)25-8-6-24(7-9-25)16(27)14-19-10-20-23-14/h1-5,10,12H,6-9H2,(H,19,20,23). The molecule has 138 valence electrons. The average Bonchev–Trinajstić information content (AvgIpc) is 3.25. The van der Waals surface area contributed by atoms with E-state index >= 15 is 0 Å². The predicted octanol–water partition coefficient (Wildman–Crippen LogP) is 0.286. The van der Waals surface area contributed by atoms with Gasteiger partial charge in [-0.3, -0.25) is 14.7 Å². The summed E-state index contributed by atoms with van der Waals surface area (Å²) in [6, 6.07) is 8.73. The minimum absolute atomic E-state index is 0.0609. The van der Waals surface area contributed by atoms with E-state index < -0.39 is 12.1 Å². The number of H-pyrrole nitrogens is 1. The van der Waals surface area contributed by atoms with Gasteiger partial charge in [-0.15, -0.1) is 0 Å². The molecule has 10 heteroatoms. The number of aromatic amines is 1. The zero-order valence-corrected chi connectivity index (χ0v) is 14.2. The second kappa shape index (κ2) is 7.06. The summed E-state index contributed by atoms with van der Waals surface area (Å²) in [5, 5.41) is 6.22. The van der Waals surface area contributed by atoms with Crippen molar-refractivity contribution in [2.75, 3.05) is 26.2 Å². The zero-order valence-electron chi connectivity index (χ0n) is 14.2. The van der Waals surface area contributed by atoms with Gasteiger partial charge in [0.25, 0.3) is 11.8 Å². The molecule has 0 saturated carbocycles. The second-order valence-corrected chi connectivity index (χ2v) is 6.09. The van der Waals surface area contributed by atoms with E-state index in [2.05, 4.69) is 25.2 Å². The molecule has 1 atom stereocenters. The van der Waals surface area contributed by atoms with Gasteiger partial charge in [0.1, 0.15) is 6.33 Å². The topological polar surface area (TPSA) is 107 Å². The van der Waals surface area contributed by atoms with Crippen molar-refractivity contribution in [1.82, 2.24) is 25.0 Å². The molecule has 1 aromatic carbocycles. The lowest BCUT2D eigenvalue weighted by molar-refractivity contribution is -0.120. The van der Waals surface area contributed by atoms with Crippen LogP contribution in [0.3, 0.4) is 0 Å². The van der Waals surface area contributed by atoms with Crippen molar-refractivity contribution in [2.45, 2.75) is 6.17 Å². The summed E-state index contributed by atoms with van der Waals surface area (Å²) >= 11 is 0. The van der Waals surface area contributed by atoms with Gasteiger partial charge in [-0.05, 0) is 5.56 Å². The maximum atomic E-state index is 14.3. The maximum Gasteiger partial charge on any atom is 0.291 e. The molecule has 1 fully saturated rings. The number of rotatable bonds is 2. The fourth-order valence-electron chi connectivity index (χ4n) is 2.99. The Bertz CT molecular complexity index is 903. The second-order valence-electron chi connectivity index (χ2n) is 6.09. The van der Waals surface area contributed by atoms with Crippen LogP contribution in [0.5, 0.6) is 0 Å². The first-order valence-corrected chi connectivity index (χ1v) is 8.43. The van der Waals surface area contributed by atoms with Crippen molar-refractivity contribution in [3.05, 3.63) is 48.0 Å². The Kier molecular flexibility index (Phi) is 4.45. The number of carbonyl (C=O) groups is 2. The van der Waals surface area contributed by atoms with E-state index in [0.717, 1.165) is 0 Å². The number of piperazine rings is 1. The number of guanidine groups is 1. The quantitative estimate of drug-likeness (QED) is 0.819. The van der Waals surface area contributed by atoms with Crippen LogP contribution in [-0.4, -0.2) is 80.8 Å². The lowest BCUT2D eigenvalue weighted by atomic mass is 10.0. The number of nitrogens with zero attached hydrogens (tertiary/aromatic N) is 6. The van der Waals surface area contributed by atoms with Gasteiger partial charge in [0, 0.05) is 26.2 Å². The Morgan fingerprint density at radius 2 is 1.85 bits per heavy atom. The van der Waals surface area contributed by atoms with Gasteiger partial charge in [-0.2, -0.15) is 10.1 Å². The number of benzene rings is 1. The van der Waals surface area contributed by atoms with Gasteiger partial charge in [-0.25, -0.2) is 14.4 Å². The average molecular weight is 369 g/mol. The summed E-state index contributed by atoms with van der Waals surface area (Å²) in [6.07, 6.45) is -0.593. The number of amides is 2. The van der Waals surface area contributed by atoms with E-state index in [9.17, 15) is 14.0 Å². The lowest BCUT2D eigenvalue weighted by Gasteiger charge is -2.35. The van der Waals surface area contributed by atoms with Crippen molar-refractivity contribution < 1.29 is 14.0 Å². The van der Waals surface area contributed by atoms with E-state index in [1.54, 1.807) is 34.1 Å².